The minimum absolute atomic E-state index is 0.0241. The number of hydrogen-bond acceptors (Lipinski definition) is 12. The molecule has 0 aromatic rings. The molecule has 23 nitrogen and oxygen atoms in total. The quantitative estimate of drug-likeness (QED) is 0.186. The van der Waals surface area contributed by atoms with Crippen LogP contribution in [0.1, 0.15) is 143 Å². The number of likely N-dealkylation sites (N-methyl/N-ethyl adjacent to an activating group) is 7. The summed E-state index contributed by atoms with van der Waals surface area (Å²) in [7, 11) is 9.63. The van der Waals surface area contributed by atoms with E-state index in [2.05, 4.69) is 34.4 Å². The summed E-state index contributed by atoms with van der Waals surface area (Å²) >= 11 is 0. The third kappa shape index (κ3) is 24.0. The molecule has 0 aliphatic carbocycles. The van der Waals surface area contributed by atoms with Crippen molar-refractivity contribution in [1.82, 2.24) is 55.6 Å². The van der Waals surface area contributed by atoms with Crippen LogP contribution in [-0.2, 0) is 52.7 Å². The molecule has 11 amide bonds. The van der Waals surface area contributed by atoms with Gasteiger partial charge in [0.05, 0.1) is 12.6 Å². The lowest BCUT2D eigenvalue weighted by Crippen LogP contribution is -2.63. The molecule has 23 heteroatoms. The van der Waals surface area contributed by atoms with Crippen molar-refractivity contribution in [3.63, 3.8) is 0 Å². The Morgan fingerprint density at radius 2 is 0.929 bits per heavy atom. The summed E-state index contributed by atoms with van der Waals surface area (Å²) in [5.74, 6) is -9.59. The van der Waals surface area contributed by atoms with Gasteiger partial charge in [-0.1, -0.05) is 93.5 Å². The second kappa shape index (κ2) is 38.4. The zero-order chi connectivity index (χ0) is 66.8. The highest BCUT2D eigenvalue weighted by molar-refractivity contribution is 5.99. The van der Waals surface area contributed by atoms with Gasteiger partial charge in [0.1, 0.15) is 60.4 Å². The number of hydrogen-bond donors (Lipinski definition) is 5. The molecule has 0 saturated carbocycles. The predicted octanol–water partition coefficient (Wildman–Crippen LogP) is 3.60. The van der Waals surface area contributed by atoms with Crippen LogP contribution < -0.4 is 21.3 Å². The molecule has 0 radical (unpaired) electrons. The molecular weight excluding hydrogens is 1090 g/mol. The molecule has 1 aliphatic heterocycles. The van der Waals surface area contributed by atoms with Gasteiger partial charge in [0, 0.05) is 49.3 Å². The van der Waals surface area contributed by atoms with Gasteiger partial charge in [-0.15, -0.1) is 13.2 Å². The van der Waals surface area contributed by atoms with Crippen LogP contribution in [0.4, 0.5) is 0 Å². The predicted molar refractivity (Wildman–Crippen MR) is 333 cm³/mol. The Morgan fingerprint density at radius 1 is 0.506 bits per heavy atom. The van der Waals surface area contributed by atoms with Crippen LogP contribution in [-0.4, -0.2) is 227 Å². The maximum atomic E-state index is 14.8. The van der Waals surface area contributed by atoms with Crippen molar-refractivity contribution in [2.24, 2.45) is 29.6 Å². The Bertz CT molecular complexity index is 2280. The minimum Gasteiger partial charge on any atom is -0.390 e. The van der Waals surface area contributed by atoms with E-state index in [9.17, 15) is 57.8 Å². The molecule has 12 unspecified atom stereocenters. The van der Waals surface area contributed by atoms with E-state index in [0.29, 0.717) is 6.42 Å². The molecule has 1 fully saturated rings. The maximum Gasteiger partial charge on any atom is 0.246 e. The van der Waals surface area contributed by atoms with Crippen LogP contribution in [0.3, 0.4) is 0 Å². The van der Waals surface area contributed by atoms with Gasteiger partial charge in [-0.25, -0.2) is 0 Å². The Kier molecular flexibility index (Phi) is 36.3. The second-order valence-electron chi connectivity index (χ2n) is 24.0. The Balaban J connectivity index is 0. The van der Waals surface area contributed by atoms with E-state index in [1.54, 1.807) is 72.8 Å². The van der Waals surface area contributed by atoms with Gasteiger partial charge in [0.2, 0.25) is 65.0 Å². The smallest absolute Gasteiger partial charge is 0.246 e. The van der Waals surface area contributed by atoms with Crippen molar-refractivity contribution in [2.75, 3.05) is 55.9 Å². The molecule has 1 rings (SSSR count). The van der Waals surface area contributed by atoms with Crippen molar-refractivity contribution in [3.05, 3.63) is 37.5 Å². The number of nitrogens with zero attached hydrogens (tertiary/aromatic N) is 7. The molecule has 0 spiro atoms. The number of allylic oxidation sites excluding steroid dienone is 4. The first-order valence-electron chi connectivity index (χ1n) is 29.7. The molecule has 486 valence electrons. The number of aliphatic hydroxyl groups is 1. The summed E-state index contributed by atoms with van der Waals surface area (Å²) in [5, 5.41) is 22.7. The average Bonchev–Trinajstić information content (AvgIpc) is 3.64. The summed E-state index contributed by atoms with van der Waals surface area (Å²) in [5.41, 5.74) is 0. The van der Waals surface area contributed by atoms with E-state index in [1.807, 2.05) is 41.5 Å². The lowest BCUT2D eigenvalue weighted by molar-refractivity contribution is -0.156. The van der Waals surface area contributed by atoms with Gasteiger partial charge in [-0.05, 0) is 104 Å². The number of nitrogens with one attached hydrogen (secondary N) is 4. The molecule has 1 heterocycles. The van der Waals surface area contributed by atoms with Crippen LogP contribution >= 0.6 is 0 Å². The van der Waals surface area contributed by atoms with E-state index >= 15 is 0 Å². The van der Waals surface area contributed by atoms with E-state index in [1.165, 1.54) is 91.7 Å². The molecule has 0 bridgehead atoms. The maximum absolute atomic E-state index is 14.8. The first kappa shape index (κ1) is 80.4. The highest BCUT2D eigenvalue weighted by atomic mass is 16.3. The van der Waals surface area contributed by atoms with Gasteiger partial charge < -0.3 is 60.7 Å². The summed E-state index contributed by atoms with van der Waals surface area (Å²) in [6.45, 7) is 35.0. The molecule has 85 heavy (non-hydrogen) atoms. The average molecular weight is 1200 g/mol. The highest BCUT2D eigenvalue weighted by Gasteiger charge is 2.44. The monoisotopic (exact) mass is 1200 g/mol. The van der Waals surface area contributed by atoms with Gasteiger partial charge in [-0.3, -0.25) is 52.7 Å². The third-order valence-corrected chi connectivity index (χ3v) is 15.1. The van der Waals surface area contributed by atoms with E-state index in [0.717, 1.165) is 19.6 Å². The Morgan fingerprint density at radius 3 is 1.36 bits per heavy atom. The highest BCUT2D eigenvalue weighted by Crippen LogP contribution is 2.23. The van der Waals surface area contributed by atoms with Gasteiger partial charge in [0.15, 0.2) is 0 Å². The van der Waals surface area contributed by atoms with E-state index < -0.39 is 156 Å². The SMILES string of the molecule is C/C=C/CC(C)C(O)C1C(=O)NC(CC)C(=O)N(C)CC(=O)N(C)C(CC(C)C)C(=O)NC(C(C)C)C(=O)N(C)C(CC(C)C)C(=O)NC(C)C(=O)NC(C)C(=O)N(C)C(C)C(=O)N(C)C(C)C(=O)N(C)C(C(C)C)C(=O)N1C.C=CC.C=CC. The molecule has 12 atom stereocenters. The topological polar surface area (TPSA) is 279 Å². The lowest BCUT2D eigenvalue weighted by Gasteiger charge is -2.40. The first-order chi connectivity index (χ1) is 39.2. The van der Waals surface area contributed by atoms with Crippen LogP contribution in [0.15, 0.2) is 37.5 Å². The zero-order valence-electron chi connectivity index (χ0n) is 56.1. The molecule has 1 aliphatic rings. The summed E-state index contributed by atoms with van der Waals surface area (Å²) < 4.78 is 0. The molecule has 1 saturated heterocycles. The van der Waals surface area contributed by atoms with Crippen molar-refractivity contribution in [2.45, 2.75) is 210 Å². The Hall–Kier alpha value is -6.65. The van der Waals surface area contributed by atoms with Crippen LogP contribution in [0.25, 0.3) is 0 Å². The number of carbonyl (C=O) groups excluding carboxylic acids is 11. The zero-order valence-corrected chi connectivity index (χ0v) is 56.1. The Labute approximate surface area is 509 Å². The lowest BCUT2D eigenvalue weighted by atomic mass is 9.91. The molecule has 0 aromatic heterocycles. The molecule has 0 aromatic carbocycles. The summed E-state index contributed by atoms with van der Waals surface area (Å²) in [4.78, 5) is 164. The fourth-order valence-electron chi connectivity index (χ4n) is 9.46. The number of aliphatic hydroxyl groups excluding tert-OH is 1. The third-order valence-electron chi connectivity index (χ3n) is 15.1. The van der Waals surface area contributed by atoms with E-state index in [4.69, 9.17) is 0 Å². The van der Waals surface area contributed by atoms with Gasteiger partial charge in [0.25, 0.3) is 0 Å². The fraction of sp³-hybridized carbons (Fsp3) is 0.726. The fourth-order valence-corrected chi connectivity index (χ4v) is 9.46. The largest absolute Gasteiger partial charge is 0.390 e. The van der Waals surface area contributed by atoms with Gasteiger partial charge in [-0.2, -0.15) is 0 Å². The molecular formula is C62H111N11O12. The van der Waals surface area contributed by atoms with Crippen LogP contribution in [0.2, 0.25) is 0 Å². The minimum atomic E-state index is -1.60. The van der Waals surface area contributed by atoms with Crippen LogP contribution in [0, 0.1) is 29.6 Å². The van der Waals surface area contributed by atoms with E-state index in [-0.39, 0.29) is 31.1 Å². The van der Waals surface area contributed by atoms with Crippen molar-refractivity contribution in [3.8, 4) is 0 Å². The number of rotatable bonds is 11. The van der Waals surface area contributed by atoms with Crippen molar-refractivity contribution < 1.29 is 57.8 Å². The standard InChI is InChI=1S/C56H99N11O12.2C3H6/c1-23-25-26-34(11)46(69)45-50(73)59-39(24-2)54(77)61(16)29-42(68)64(19)40(27-30(3)4)49(72)60-43(32(7)8)55(78)65(20)41(28-31(5)6)48(71)57-35(12)47(70)58-36(13)51(74)62(17)37(14)52(75)63(18)38(15)53(76)66(21)44(33(9)10)56(79)67(45)22;2*1-3-2/h23,25,30-41,43-46,69H,24,26-29H2,1-22H3,(H,57,71)(H,58,70)(H,59,73)(H,60,72);2*3H,1H2,2H3/b25-23+;;. The van der Waals surface area contributed by atoms with Crippen molar-refractivity contribution >= 4 is 65.0 Å². The second-order valence-corrected chi connectivity index (χ2v) is 24.0. The summed E-state index contributed by atoms with van der Waals surface area (Å²) in [6.07, 6.45) is 6.23. The first-order valence-corrected chi connectivity index (χ1v) is 29.7. The summed E-state index contributed by atoms with van der Waals surface area (Å²) in [6, 6.07) is -12.3. The number of amides is 11. The van der Waals surface area contributed by atoms with Crippen LogP contribution in [0.5, 0.6) is 0 Å². The normalized spacial score (nSPS) is 26.2. The number of carbonyl (C=O) groups is 11. The van der Waals surface area contributed by atoms with Gasteiger partial charge >= 0.3 is 0 Å². The van der Waals surface area contributed by atoms with Crippen molar-refractivity contribution in [1.29, 1.82) is 0 Å². The molecule has 5 N–H and O–H groups in total.